The number of ether oxygens (including phenoxy) is 1. The average Bonchev–Trinajstić information content (AvgIpc) is 2.58. The van der Waals surface area contributed by atoms with Crippen molar-refractivity contribution in [3.8, 4) is 5.75 Å². The van der Waals surface area contributed by atoms with E-state index >= 15 is 0 Å². The Morgan fingerprint density at radius 3 is 2.60 bits per heavy atom. The van der Waals surface area contributed by atoms with Gasteiger partial charge in [0, 0.05) is 5.75 Å². The molecule has 0 bridgehead atoms. The lowest BCUT2D eigenvalue weighted by molar-refractivity contribution is -0.121. The van der Waals surface area contributed by atoms with Crippen molar-refractivity contribution in [2.45, 2.75) is 17.1 Å². The normalized spacial score (nSPS) is 11.0. The quantitative estimate of drug-likeness (QED) is 0.577. The molecule has 0 atom stereocenters. The van der Waals surface area contributed by atoms with Crippen LogP contribution in [0.1, 0.15) is 5.56 Å². The third-order valence-electron chi connectivity index (χ3n) is 2.75. The maximum absolute atomic E-state index is 12.1. The molecule has 0 saturated heterocycles. The zero-order valence-corrected chi connectivity index (χ0v) is 14.6. The monoisotopic (exact) mass is 389 g/mol. The predicted molar refractivity (Wildman–Crippen MR) is 92.7 cm³/mol. The molecule has 0 spiro atoms. The second-order valence-corrected chi connectivity index (χ2v) is 6.00. The van der Waals surface area contributed by atoms with Crippen molar-refractivity contribution in [1.82, 2.24) is 20.3 Å². The molecule has 0 aliphatic rings. The van der Waals surface area contributed by atoms with Crippen molar-refractivity contribution in [2.24, 2.45) is 0 Å². The topological polar surface area (TPSA) is 72.0 Å². The molecule has 0 fully saturated rings. The number of thioether (sulfide) groups is 1. The summed E-state index contributed by atoms with van der Waals surface area (Å²) in [5.74, 6) is 1.46. The predicted octanol–water partition coefficient (Wildman–Crippen LogP) is 3.02. The molecule has 134 valence electrons. The SMILES string of the molecule is COc1ccc(CSc2ncnc(NC(=S)NCC(F)(F)F)n2)cc1. The van der Waals surface area contributed by atoms with E-state index in [1.807, 2.05) is 29.6 Å². The summed E-state index contributed by atoms with van der Waals surface area (Å²) in [5, 5.41) is 4.74. The smallest absolute Gasteiger partial charge is 0.405 e. The van der Waals surface area contributed by atoms with Crippen molar-refractivity contribution in [2.75, 3.05) is 19.0 Å². The number of rotatable bonds is 6. The fourth-order valence-electron chi connectivity index (χ4n) is 1.61. The van der Waals surface area contributed by atoms with Crippen molar-refractivity contribution < 1.29 is 17.9 Å². The van der Waals surface area contributed by atoms with Gasteiger partial charge in [0.25, 0.3) is 0 Å². The van der Waals surface area contributed by atoms with Gasteiger partial charge in [0.05, 0.1) is 7.11 Å². The Bertz CT molecular complexity index is 712. The number of halogens is 3. The van der Waals surface area contributed by atoms with Crippen molar-refractivity contribution in [3.63, 3.8) is 0 Å². The minimum Gasteiger partial charge on any atom is -0.497 e. The third kappa shape index (κ3) is 7.10. The van der Waals surface area contributed by atoms with Gasteiger partial charge in [0.15, 0.2) is 10.3 Å². The highest BCUT2D eigenvalue weighted by molar-refractivity contribution is 7.98. The molecule has 2 N–H and O–H groups in total. The molecule has 0 aliphatic heterocycles. The van der Waals surface area contributed by atoms with Crippen LogP contribution >= 0.6 is 24.0 Å². The third-order valence-corrected chi connectivity index (χ3v) is 3.93. The number of anilines is 1. The van der Waals surface area contributed by atoms with E-state index in [4.69, 9.17) is 17.0 Å². The number of benzene rings is 1. The van der Waals surface area contributed by atoms with E-state index in [-0.39, 0.29) is 11.1 Å². The molecule has 0 unspecified atom stereocenters. The van der Waals surface area contributed by atoms with Gasteiger partial charge in [-0.1, -0.05) is 23.9 Å². The Labute approximate surface area is 151 Å². The van der Waals surface area contributed by atoms with Crippen LogP contribution in [0.25, 0.3) is 0 Å². The largest absolute Gasteiger partial charge is 0.497 e. The fraction of sp³-hybridized carbons (Fsp3) is 0.286. The lowest BCUT2D eigenvalue weighted by atomic mass is 10.2. The van der Waals surface area contributed by atoms with E-state index in [1.165, 1.54) is 18.1 Å². The molecule has 2 aromatic rings. The van der Waals surface area contributed by atoms with Crippen LogP contribution in [0.15, 0.2) is 35.7 Å². The molecule has 6 nitrogen and oxygen atoms in total. The summed E-state index contributed by atoms with van der Waals surface area (Å²) in [7, 11) is 1.59. The van der Waals surface area contributed by atoms with Gasteiger partial charge in [-0.3, -0.25) is 0 Å². The van der Waals surface area contributed by atoms with Gasteiger partial charge in [-0.15, -0.1) is 0 Å². The maximum atomic E-state index is 12.1. The number of alkyl halides is 3. The van der Waals surface area contributed by atoms with Gasteiger partial charge in [-0.2, -0.15) is 18.2 Å². The highest BCUT2D eigenvalue weighted by Gasteiger charge is 2.27. The first-order valence-corrected chi connectivity index (χ1v) is 8.31. The molecule has 2 rings (SSSR count). The Morgan fingerprint density at radius 2 is 1.96 bits per heavy atom. The zero-order valence-electron chi connectivity index (χ0n) is 13.0. The molecule has 1 heterocycles. The lowest BCUT2D eigenvalue weighted by Gasteiger charge is -2.11. The second kappa shape index (κ2) is 8.81. The van der Waals surface area contributed by atoms with Crippen LogP contribution in [0.4, 0.5) is 19.1 Å². The first-order chi connectivity index (χ1) is 11.9. The van der Waals surface area contributed by atoms with Crippen LogP contribution in [0.3, 0.4) is 0 Å². The van der Waals surface area contributed by atoms with Crippen LogP contribution in [-0.2, 0) is 5.75 Å². The van der Waals surface area contributed by atoms with E-state index in [0.717, 1.165) is 11.3 Å². The van der Waals surface area contributed by atoms with E-state index in [0.29, 0.717) is 10.9 Å². The number of methoxy groups -OCH3 is 1. The van der Waals surface area contributed by atoms with Crippen LogP contribution < -0.4 is 15.4 Å². The Kier molecular flexibility index (Phi) is 6.76. The van der Waals surface area contributed by atoms with Gasteiger partial charge in [-0.05, 0) is 29.9 Å². The summed E-state index contributed by atoms with van der Waals surface area (Å²) >= 11 is 6.13. The molecule has 11 heteroatoms. The number of hydrogen-bond acceptors (Lipinski definition) is 6. The summed E-state index contributed by atoms with van der Waals surface area (Å²) in [4.78, 5) is 11.9. The highest BCUT2D eigenvalue weighted by atomic mass is 32.2. The summed E-state index contributed by atoms with van der Waals surface area (Å²) in [6.07, 6.45) is -3.09. The van der Waals surface area contributed by atoms with Crippen LogP contribution in [0.2, 0.25) is 0 Å². The molecule has 25 heavy (non-hydrogen) atoms. The number of hydrogen-bond donors (Lipinski definition) is 2. The summed E-state index contributed by atoms with van der Waals surface area (Å²) in [6.45, 7) is -1.23. The molecule has 0 amide bonds. The minimum absolute atomic E-state index is 0.0758. The Balaban J connectivity index is 1.88. The first kappa shape index (κ1) is 19.2. The van der Waals surface area contributed by atoms with Crippen molar-refractivity contribution in [3.05, 3.63) is 36.2 Å². The zero-order chi connectivity index (χ0) is 18.3. The van der Waals surface area contributed by atoms with Gasteiger partial charge in [0.1, 0.15) is 18.6 Å². The van der Waals surface area contributed by atoms with E-state index in [2.05, 4.69) is 20.3 Å². The Morgan fingerprint density at radius 1 is 1.24 bits per heavy atom. The number of nitrogens with zero attached hydrogens (tertiary/aromatic N) is 3. The Hall–Kier alpha value is -2.14. The number of nitrogens with one attached hydrogen (secondary N) is 2. The van der Waals surface area contributed by atoms with E-state index < -0.39 is 12.7 Å². The molecule has 0 saturated carbocycles. The molecular weight excluding hydrogens is 375 g/mol. The average molecular weight is 389 g/mol. The van der Waals surface area contributed by atoms with Crippen molar-refractivity contribution in [1.29, 1.82) is 0 Å². The first-order valence-electron chi connectivity index (χ1n) is 6.92. The highest BCUT2D eigenvalue weighted by Crippen LogP contribution is 2.21. The lowest BCUT2D eigenvalue weighted by Crippen LogP contribution is -2.36. The molecule has 1 aromatic heterocycles. The molecular formula is C14H14F3N5OS2. The standard InChI is InChI=1S/C14H14F3N5OS2/c1-23-10-4-2-9(3-5-10)6-25-13-20-8-19-11(22-13)21-12(24)18-7-14(15,16)17/h2-5,8H,6-7H2,1H3,(H2,18,19,20,21,22,24). The van der Waals surface area contributed by atoms with Gasteiger partial charge in [0.2, 0.25) is 5.95 Å². The molecule has 0 aliphatic carbocycles. The van der Waals surface area contributed by atoms with Gasteiger partial charge < -0.3 is 15.4 Å². The summed E-state index contributed by atoms with van der Waals surface area (Å²) < 4.78 is 41.5. The van der Waals surface area contributed by atoms with Crippen molar-refractivity contribution >= 4 is 35.0 Å². The van der Waals surface area contributed by atoms with Gasteiger partial charge in [-0.25, -0.2) is 9.97 Å². The maximum Gasteiger partial charge on any atom is 0.405 e. The molecule has 1 aromatic carbocycles. The van der Waals surface area contributed by atoms with E-state index in [9.17, 15) is 13.2 Å². The number of thiocarbonyl (C=S) groups is 1. The van der Waals surface area contributed by atoms with Gasteiger partial charge >= 0.3 is 6.18 Å². The second-order valence-electron chi connectivity index (χ2n) is 4.65. The molecule has 0 radical (unpaired) electrons. The van der Waals surface area contributed by atoms with Crippen LogP contribution in [0.5, 0.6) is 5.75 Å². The number of aromatic nitrogens is 3. The summed E-state index contributed by atoms with van der Waals surface area (Å²) in [6, 6.07) is 7.53. The minimum atomic E-state index is -4.36. The van der Waals surface area contributed by atoms with E-state index in [1.54, 1.807) is 7.11 Å². The fourth-order valence-corrected chi connectivity index (χ4v) is 2.53. The van der Waals surface area contributed by atoms with Crippen LogP contribution in [0, 0.1) is 0 Å². The van der Waals surface area contributed by atoms with Crippen LogP contribution in [-0.4, -0.2) is 39.9 Å². The summed E-state index contributed by atoms with van der Waals surface area (Å²) in [5.41, 5.74) is 1.04.